The molecule has 4 aromatic rings. The van der Waals surface area contributed by atoms with E-state index in [1.807, 2.05) is 6.92 Å². The van der Waals surface area contributed by atoms with Gasteiger partial charge in [-0.05, 0) is 49.4 Å². The number of hydrogen-bond acceptors (Lipinski definition) is 3. The molecule has 0 aliphatic carbocycles. The maximum Gasteiger partial charge on any atom is 0.435 e. The number of carbonyl (C=O) groups is 1. The van der Waals surface area contributed by atoms with Gasteiger partial charge in [0.15, 0.2) is 5.69 Å². The highest BCUT2D eigenvalue weighted by Gasteiger charge is 2.39. The minimum absolute atomic E-state index is 0.152. The largest absolute Gasteiger partial charge is 0.435 e. The van der Waals surface area contributed by atoms with Crippen LogP contribution in [0, 0.1) is 5.82 Å². The first-order chi connectivity index (χ1) is 14.7. The number of nitrogens with zero attached hydrogens (tertiary/aromatic N) is 3. The van der Waals surface area contributed by atoms with Gasteiger partial charge in [0, 0.05) is 18.4 Å². The Labute approximate surface area is 171 Å². The molecule has 0 saturated carbocycles. The van der Waals surface area contributed by atoms with E-state index in [-0.39, 0.29) is 22.3 Å². The molecule has 0 aliphatic heterocycles. The van der Waals surface area contributed by atoms with Gasteiger partial charge >= 0.3 is 6.18 Å². The monoisotopic (exact) mass is 433 g/mol. The van der Waals surface area contributed by atoms with Gasteiger partial charge < -0.3 is 5.32 Å². The lowest BCUT2D eigenvalue weighted by molar-refractivity contribution is -0.141. The molecule has 160 valence electrons. The Hall–Kier alpha value is -3.89. The molecule has 7 nitrogen and oxygen atoms in total. The van der Waals surface area contributed by atoms with Crippen LogP contribution < -0.4 is 10.9 Å². The van der Waals surface area contributed by atoms with Crippen molar-refractivity contribution in [3.05, 3.63) is 76.1 Å². The zero-order valence-electron chi connectivity index (χ0n) is 16.0. The molecule has 0 atom stereocenters. The second-order valence-electron chi connectivity index (χ2n) is 6.68. The first-order valence-electron chi connectivity index (χ1n) is 9.14. The number of nitrogens with one attached hydrogen (secondary N) is 2. The topological polar surface area (TPSA) is 84.7 Å². The summed E-state index contributed by atoms with van der Waals surface area (Å²) in [4.78, 5) is 24.7. The molecule has 0 spiro atoms. The summed E-state index contributed by atoms with van der Waals surface area (Å²) in [7, 11) is 0. The van der Waals surface area contributed by atoms with Crippen molar-refractivity contribution >= 4 is 22.5 Å². The summed E-state index contributed by atoms with van der Waals surface area (Å²) in [6.07, 6.45) is -3.97. The Morgan fingerprint density at radius 1 is 1.16 bits per heavy atom. The lowest BCUT2D eigenvalue weighted by Crippen LogP contribution is -2.17. The molecule has 0 aliphatic rings. The third kappa shape index (κ3) is 3.81. The molecular weight excluding hydrogens is 418 g/mol. The Kier molecular flexibility index (Phi) is 4.88. The van der Waals surface area contributed by atoms with Crippen LogP contribution in [0.2, 0.25) is 0 Å². The van der Waals surface area contributed by atoms with Gasteiger partial charge in [0.05, 0.1) is 22.2 Å². The molecule has 31 heavy (non-hydrogen) atoms. The summed E-state index contributed by atoms with van der Waals surface area (Å²) < 4.78 is 56.0. The van der Waals surface area contributed by atoms with Crippen LogP contribution in [0.15, 0.2) is 53.5 Å². The van der Waals surface area contributed by atoms with Gasteiger partial charge in [0.1, 0.15) is 5.82 Å². The highest BCUT2D eigenvalue weighted by atomic mass is 19.4. The number of fused-ring (bicyclic) bond motifs is 1. The lowest BCUT2D eigenvalue weighted by atomic mass is 10.2. The summed E-state index contributed by atoms with van der Waals surface area (Å²) in [5.41, 5.74) is -1.57. The first-order valence-corrected chi connectivity index (χ1v) is 9.14. The second-order valence-corrected chi connectivity index (χ2v) is 6.68. The number of anilines is 1. The molecule has 0 saturated heterocycles. The number of hydrogen-bond donors (Lipinski definition) is 2. The minimum Gasteiger partial charge on any atom is -0.322 e. The van der Waals surface area contributed by atoms with Crippen molar-refractivity contribution in [1.29, 1.82) is 0 Å². The van der Waals surface area contributed by atoms with Crippen LogP contribution in [0.4, 0.5) is 23.2 Å². The van der Waals surface area contributed by atoms with Crippen molar-refractivity contribution in [2.24, 2.45) is 0 Å². The quantitative estimate of drug-likeness (QED) is 0.478. The Balaban J connectivity index is 1.71. The molecule has 0 bridgehead atoms. The van der Waals surface area contributed by atoms with Crippen molar-refractivity contribution in [3.8, 4) is 5.69 Å². The number of aromatic amines is 1. The molecular formula is C20H15F4N5O2. The molecule has 0 radical (unpaired) electrons. The van der Waals surface area contributed by atoms with Crippen molar-refractivity contribution in [2.75, 3.05) is 5.32 Å². The van der Waals surface area contributed by atoms with Crippen LogP contribution in [0.1, 0.15) is 23.0 Å². The zero-order chi connectivity index (χ0) is 22.3. The van der Waals surface area contributed by atoms with Crippen molar-refractivity contribution in [1.82, 2.24) is 19.6 Å². The van der Waals surface area contributed by atoms with Gasteiger partial charge in [-0.2, -0.15) is 18.3 Å². The van der Waals surface area contributed by atoms with Crippen LogP contribution in [0.3, 0.4) is 0 Å². The van der Waals surface area contributed by atoms with Gasteiger partial charge in [-0.3, -0.25) is 19.4 Å². The van der Waals surface area contributed by atoms with E-state index >= 15 is 0 Å². The average molecular weight is 433 g/mol. The highest BCUT2D eigenvalue weighted by molar-refractivity contribution is 6.05. The normalized spacial score (nSPS) is 11.8. The molecule has 2 aromatic carbocycles. The average Bonchev–Trinajstić information content (AvgIpc) is 3.31. The summed E-state index contributed by atoms with van der Waals surface area (Å²) >= 11 is 0. The van der Waals surface area contributed by atoms with E-state index in [0.717, 1.165) is 23.0 Å². The lowest BCUT2D eigenvalue weighted by Gasteiger charge is -2.07. The maximum absolute atomic E-state index is 13.5. The van der Waals surface area contributed by atoms with Crippen molar-refractivity contribution in [3.63, 3.8) is 0 Å². The summed E-state index contributed by atoms with van der Waals surface area (Å²) in [6, 6.07) is 9.07. The fourth-order valence-corrected chi connectivity index (χ4v) is 3.20. The van der Waals surface area contributed by atoms with E-state index in [0.29, 0.717) is 12.1 Å². The van der Waals surface area contributed by atoms with Crippen molar-refractivity contribution < 1.29 is 22.4 Å². The molecule has 4 rings (SSSR count). The molecule has 2 N–H and O–H groups in total. The van der Waals surface area contributed by atoms with Crippen LogP contribution >= 0.6 is 0 Å². The number of H-pyrrole nitrogens is 1. The predicted molar refractivity (Wildman–Crippen MR) is 105 cm³/mol. The molecule has 0 unspecified atom stereocenters. The molecule has 2 heterocycles. The van der Waals surface area contributed by atoms with E-state index in [2.05, 4.69) is 15.5 Å². The van der Waals surface area contributed by atoms with Crippen molar-refractivity contribution in [2.45, 2.75) is 19.6 Å². The van der Waals surface area contributed by atoms with Gasteiger partial charge in [0.25, 0.3) is 11.5 Å². The number of carbonyl (C=O) groups excluding carboxylic acids is 1. The number of aryl methyl sites for hydroxylation is 1. The zero-order valence-corrected chi connectivity index (χ0v) is 16.0. The highest BCUT2D eigenvalue weighted by Crippen LogP contribution is 2.32. The fraction of sp³-hybridized carbons (Fsp3) is 0.150. The molecule has 1 amide bonds. The van der Waals surface area contributed by atoms with Gasteiger partial charge in [-0.1, -0.05) is 0 Å². The Morgan fingerprint density at radius 2 is 1.87 bits per heavy atom. The number of amides is 1. The van der Waals surface area contributed by atoms with Crippen LogP contribution in [-0.4, -0.2) is 25.5 Å². The Bertz CT molecular complexity index is 1330. The van der Waals surface area contributed by atoms with Gasteiger partial charge in [0.2, 0.25) is 0 Å². The summed E-state index contributed by atoms with van der Waals surface area (Å²) in [5, 5.41) is 8.77. The third-order valence-electron chi connectivity index (χ3n) is 4.66. The van der Waals surface area contributed by atoms with E-state index in [1.54, 1.807) is 10.7 Å². The van der Waals surface area contributed by atoms with Crippen LogP contribution in [0.5, 0.6) is 0 Å². The van der Waals surface area contributed by atoms with Crippen LogP contribution in [-0.2, 0) is 12.7 Å². The maximum atomic E-state index is 13.5. The number of alkyl halides is 3. The SMILES string of the molecule is CCn1[nH]c(=O)c2cc(NC(=O)c3cn(-c4ccc(F)cc4)nc3C(F)(F)F)ccc21. The smallest absolute Gasteiger partial charge is 0.322 e. The number of aromatic nitrogens is 4. The van der Waals surface area contributed by atoms with E-state index in [1.165, 1.54) is 24.3 Å². The van der Waals surface area contributed by atoms with E-state index in [9.17, 15) is 27.2 Å². The fourth-order valence-electron chi connectivity index (χ4n) is 3.20. The third-order valence-corrected chi connectivity index (χ3v) is 4.66. The molecule has 2 aromatic heterocycles. The summed E-state index contributed by atoms with van der Waals surface area (Å²) in [6.45, 7) is 2.35. The Morgan fingerprint density at radius 3 is 2.52 bits per heavy atom. The second kappa shape index (κ2) is 7.42. The number of halogens is 4. The standard InChI is InChI=1S/C20H15F4N5O2/c1-2-28-16-8-5-12(9-14(16)19(31)27-28)25-18(30)15-10-29(26-17(15)20(22,23)24)13-6-3-11(21)4-7-13/h3-10H,2H2,1H3,(H,25,30)(H,27,31). The van der Waals surface area contributed by atoms with Gasteiger partial charge in [-0.15, -0.1) is 0 Å². The predicted octanol–water partition coefficient (Wildman–Crippen LogP) is 3.95. The van der Waals surface area contributed by atoms with Gasteiger partial charge in [-0.25, -0.2) is 9.07 Å². The number of benzene rings is 2. The minimum atomic E-state index is -4.89. The van der Waals surface area contributed by atoms with E-state index in [4.69, 9.17) is 0 Å². The molecule has 0 fully saturated rings. The number of rotatable bonds is 4. The molecule has 11 heteroatoms. The van der Waals surface area contributed by atoms with Crippen LogP contribution in [0.25, 0.3) is 16.6 Å². The summed E-state index contributed by atoms with van der Waals surface area (Å²) in [5.74, 6) is -1.61. The first kappa shape index (κ1) is 20.4. The van der Waals surface area contributed by atoms with E-state index < -0.39 is 29.2 Å².